The third-order valence-electron chi connectivity index (χ3n) is 2.25. The summed E-state index contributed by atoms with van der Waals surface area (Å²) in [6, 6.07) is 10.1. The van der Waals surface area contributed by atoms with E-state index in [1.165, 1.54) is 0 Å². The highest BCUT2D eigenvalue weighted by molar-refractivity contribution is 5.67. The number of methoxy groups -OCH3 is 1. The lowest BCUT2D eigenvalue weighted by Gasteiger charge is -2.15. The maximum atomic E-state index is 5.37. The van der Waals surface area contributed by atoms with E-state index >= 15 is 0 Å². The number of benzene rings is 1. The predicted molar refractivity (Wildman–Crippen MR) is 60.1 cm³/mol. The molecule has 0 radical (unpaired) electrons. The van der Waals surface area contributed by atoms with E-state index in [4.69, 9.17) is 4.74 Å². The Bertz CT molecular complexity index is 316. The average molecular weight is 188 g/mol. The molecule has 1 aromatic carbocycles. The molecule has 1 nitrogen and oxygen atoms in total. The molecular formula is C13H16O. The van der Waals surface area contributed by atoms with Crippen LogP contribution in [0, 0.1) is 0 Å². The lowest BCUT2D eigenvalue weighted by Crippen LogP contribution is -2.10. The van der Waals surface area contributed by atoms with Crippen molar-refractivity contribution < 1.29 is 4.74 Å². The molecule has 0 bridgehead atoms. The number of rotatable bonds is 4. The molecule has 14 heavy (non-hydrogen) atoms. The van der Waals surface area contributed by atoms with Gasteiger partial charge in [-0.2, -0.15) is 0 Å². The molecule has 0 aromatic heterocycles. The van der Waals surface area contributed by atoms with Crippen molar-refractivity contribution in [2.45, 2.75) is 19.4 Å². The second-order valence-electron chi connectivity index (χ2n) is 3.09. The monoisotopic (exact) mass is 188 g/mol. The first kappa shape index (κ1) is 10.8. The van der Waals surface area contributed by atoms with Gasteiger partial charge in [-0.15, -0.1) is 5.73 Å². The largest absolute Gasteiger partial charge is 0.376 e. The molecule has 74 valence electrons. The second-order valence-corrected chi connectivity index (χ2v) is 3.09. The summed E-state index contributed by atoms with van der Waals surface area (Å²) in [4.78, 5) is 0. The third kappa shape index (κ3) is 2.35. The standard InChI is InChI=1S/C13H16O/c1-4-12(13(5-2)14-3)11-9-7-6-8-10-11/h6-10,13H,1,5H2,2-3H3. The Morgan fingerprint density at radius 1 is 1.43 bits per heavy atom. The second kappa shape index (κ2) is 5.43. The van der Waals surface area contributed by atoms with Gasteiger partial charge in [0, 0.05) is 12.7 Å². The zero-order valence-electron chi connectivity index (χ0n) is 8.79. The summed E-state index contributed by atoms with van der Waals surface area (Å²) in [5.41, 5.74) is 5.13. The fourth-order valence-corrected chi connectivity index (χ4v) is 1.51. The molecule has 0 N–H and O–H groups in total. The van der Waals surface area contributed by atoms with E-state index in [-0.39, 0.29) is 6.10 Å². The van der Waals surface area contributed by atoms with Crippen LogP contribution in [0.2, 0.25) is 0 Å². The molecule has 0 amide bonds. The quantitative estimate of drug-likeness (QED) is 0.659. The van der Waals surface area contributed by atoms with Crippen molar-refractivity contribution in [3.05, 3.63) is 48.2 Å². The predicted octanol–water partition coefficient (Wildman–Crippen LogP) is 3.28. The fraction of sp³-hybridized carbons (Fsp3) is 0.308. The van der Waals surface area contributed by atoms with Crippen LogP contribution in [0.4, 0.5) is 0 Å². The summed E-state index contributed by atoms with van der Waals surface area (Å²) in [6.45, 7) is 5.80. The van der Waals surface area contributed by atoms with Gasteiger partial charge in [0.2, 0.25) is 0 Å². The zero-order chi connectivity index (χ0) is 10.4. The van der Waals surface area contributed by atoms with Gasteiger partial charge in [0.15, 0.2) is 0 Å². The third-order valence-corrected chi connectivity index (χ3v) is 2.25. The molecule has 0 aliphatic carbocycles. The lowest BCUT2D eigenvalue weighted by atomic mass is 10.00. The van der Waals surface area contributed by atoms with E-state index in [9.17, 15) is 0 Å². The van der Waals surface area contributed by atoms with Gasteiger partial charge in [0.05, 0.1) is 6.10 Å². The summed E-state index contributed by atoms with van der Waals surface area (Å²) < 4.78 is 5.37. The summed E-state index contributed by atoms with van der Waals surface area (Å²) in [7, 11) is 1.72. The lowest BCUT2D eigenvalue weighted by molar-refractivity contribution is 0.145. The summed E-state index contributed by atoms with van der Waals surface area (Å²) in [5, 5.41) is 0. The summed E-state index contributed by atoms with van der Waals surface area (Å²) in [6.07, 6.45) is 1.03. The Balaban J connectivity index is 3.00. The molecule has 0 aliphatic heterocycles. The summed E-state index contributed by atoms with van der Waals surface area (Å²) in [5.74, 6) is 0. The first-order chi connectivity index (χ1) is 6.83. The minimum Gasteiger partial charge on any atom is -0.376 e. The molecule has 1 heteroatoms. The molecule has 0 saturated heterocycles. The highest BCUT2D eigenvalue weighted by Gasteiger charge is 2.11. The Hall–Kier alpha value is -1.30. The average Bonchev–Trinajstić information content (AvgIpc) is 2.27. The van der Waals surface area contributed by atoms with Gasteiger partial charge in [0.25, 0.3) is 0 Å². The maximum Gasteiger partial charge on any atom is 0.0895 e. The number of hydrogen-bond donors (Lipinski definition) is 0. The molecule has 0 aliphatic rings. The van der Waals surface area contributed by atoms with E-state index in [1.54, 1.807) is 7.11 Å². The van der Waals surface area contributed by atoms with Crippen molar-refractivity contribution in [2.75, 3.05) is 7.11 Å². The van der Waals surface area contributed by atoms with Gasteiger partial charge in [-0.3, -0.25) is 0 Å². The van der Waals surface area contributed by atoms with Crippen molar-refractivity contribution in [3.8, 4) is 0 Å². The Morgan fingerprint density at radius 3 is 2.50 bits per heavy atom. The number of hydrogen-bond acceptors (Lipinski definition) is 1. The first-order valence-corrected chi connectivity index (χ1v) is 4.81. The fourth-order valence-electron chi connectivity index (χ4n) is 1.51. The Labute approximate surface area is 85.7 Å². The SMILES string of the molecule is C=C=C(c1ccccc1)C(CC)OC. The van der Waals surface area contributed by atoms with Crippen molar-refractivity contribution >= 4 is 5.57 Å². The van der Waals surface area contributed by atoms with Crippen LogP contribution in [0.25, 0.3) is 5.57 Å². The van der Waals surface area contributed by atoms with Gasteiger partial charge in [-0.25, -0.2) is 0 Å². The van der Waals surface area contributed by atoms with E-state index in [2.05, 4.69) is 31.4 Å². The maximum absolute atomic E-state index is 5.37. The van der Waals surface area contributed by atoms with E-state index < -0.39 is 0 Å². The molecule has 0 saturated carbocycles. The first-order valence-electron chi connectivity index (χ1n) is 4.81. The number of ether oxygens (including phenoxy) is 1. The van der Waals surface area contributed by atoms with Crippen LogP contribution < -0.4 is 0 Å². The molecule has 1 atom stereocenters. The van der Waals surface area contributed by atoms with Gasteiger partial charge in [0.1, 0.15) is 0 Å². The Kier molecular flexibility index (Phi) is 4.18. The molecule has 0 heterocycles. The topological polar surface area (TPSA) is 9.23 Å². The normalized spacial score (nSPS) is 11.9. The van der Waals surface area contributed by atoms with Crippen LogP contribution in [-0.2, 0) is 4.74 Å². The van der Waals surface area contributed by atoms with Gasteiger partial charge in [-0.1, -0.05) is 43.8 Å². The molecule has 1 rings (SSSR count). The van der Waals surface area contributed by atoms with E-state index in [0.717, 1.165) is 17.6 Å². The minimum atomic E-state index is 0.0925. The van der Waals surface area contributed by atoms with E-state index in [0.29, 0.717) is 0 Å². The van der Waals surface area contributed by atoms with Crippen LogP contribution >= 0.6 is 0 Å². The van der Waals surface area contributed by atoms with E-state index in [1.807, 2.05) is 18.2 Å². The van der Waals surface area contributed by atoms with Crippen molar-refractivity contribution in [3.63, 3.8) is 0 Å². The van der Waals surface area contributed by atoms with Crippen LogP contribution in [0.5, 0.6) is 0 Å². The zero-order valence-corrected chi connectivity index (χ0v) is 8.79. The van der Waals surface area contributed by atoms with Crippen LogP contribution in [0.15, 0.2) is 42.6 Å². The van der Waals surface area contributed by atoms with Crippen molar-refractivity contribution in [1.82, 2.24) is 0 Å². The molecule has 1 unspecified atom stereocenters. The molecule has 0 spiro atoms. The molecular weight excluding hydrogens is 172 g/mol. The van der Waals surface area contributed by atoms with Gasteiger partial charge < -0.3 is 4.74 Å². The Morgan fingerprint density at radius 2 is 2.07 bits per heavy atom. The smallest absolute Gasteiger partial charge is 0.0895 e. The van der Waals surface area contributed by atoms with Crippen LogP contribution in [0.1, 0.15) is 18.9 Å². The van der Waals surface area contributed by atoms with Crippen molar-refractivity contribution in [1.29, 1.82) is 0 Å². The van der Waals surface area contributed by atoms with Crippen molar-refractivity contribution in [2.24, 2.45) is 0 Å². The highest BCUT2D eigenvalue weighted by atomic mass is 16.5. The molecule has 1 aromatic rings. The van der Waals surface area contributed by atoms with Crippen LogP contribution in [0.3, 0.4) is 0 Å². The minimum absolute atomic E-state index is 0.0925. The van der Waals surface area contributed by atoms with Gasteiger partial charge >= 0.3 is 0 Å². The molecule has 0 fully saturated rings. The van der Waals surface area contributed by atoms with Gasteiger partial charge in [-0.05, 0) is 12.0 Å². The summed E-state index contributed by atoms with van der Waals surface area (Å²) >= 11 is 0. The van der Waals surface area contributed by atoms with Crippen LogP contribution in [-0.4, -0.2) is 13.2 Å². The highest BCUT2D eigenvalue weighted by Crippen LogP contribution is 2.20.